The Hall–Kier alpha value is -2.23. The Bertz CT molecular complexity index is 543. The van der Waals surface area contributed by atoms with Gasteiger partial charge in [0.1, 0.15) is 11.5 Å². The number of phenols is 1. The molecule has 0 amide bonds. The lowest BCUT2D eigenvalue weighted by atomic mass is 10.1. The molecular formula is C13H13NO3. The summed E-state index contributed by atoms with van der Waals surface area (Å²) in [4.78, 5) is 0. The van der Waals surface area contributed by atoms with Crippen LogP contribution in [0.4, 0.5) is 0 Å². The van der Waals surface area contributed by atoms with E-state index in [-0.39, 0.29) is 5.75 Å². The zero-order valence-electron chi connectivity index (χ0n) is 9.68. The van der Waals surface area contributed by atoms with Crippen molar-refractivity contribution >= 4 is 12.2 Å². The Morgan fingerprint density at radius 3 is 2.71 bits per heavy atom. The number of aryl methyl sites for hydroxylation is 1. The van der Waals surface area contributed by atoms with E-state index in [1.807, 2.05) is 13.0 Å². The van der Waals surface area contributed by atoms with E-state index in [1.54, 1.807) is 37.5 Å². The summed E-state index contributed by atoms with van der Waals surface area (Å²) in [6, 6.07) is 6.93. The number of aromatic hydroxyl groups is 1. The largest absolute Gasteiger partial charge is 0.507 e. The summed E-state index contributed by atoms with van der Waals surface area (Å²) in [6.45, 7) is 1.85. The Labute approximate surface area is 99.1 Å². The van der Waals surface area contributed by atoms with Crippen molar-refractivity contribution in [2.24, 2.45) is 0 Å². The Morgan fingerprint density at radius 1 is 1.29 bits per heavy atom. The van der Waals surface area contributed by atoms with Gasteiger partial charge in [-0.3, -0.25) is 0 Å². The average molecular weight is 231 g/mol. The highest BCUT2D eigenvalue weighted by Crippen LogP contribution is 2.25. The predicted molar refractivity (Wildman–Crippen MR) is 64.8 cm³/mol. The third-order valence-corrected chi connectivity index (χ3v) is 2.31. The minimum atomic E-state index is 0.164. The molecule has 0 unspecified atom stereocenters. The smallest absolute Gasteiger partial charge is 0.159 e. The first-order chi connectivity index (χ1) is 8.19. The van der Waals surface area contributed by atoms with E-state index < -0.39 is 0 Å². The molecule has 1 aromatic carbocycles. The molecule has 1 N–H and O–H groups in total. The van der Waals surface area contributed by atoms with Gasteiger partial charge in [-0.15, -0.1) is 0 Å². The number of hydrogen-bond donors (Lipinski definition) is 1. The SMILES string of the molecule is COc1ccc(/C=C/c2cc(C)no2)c(O)c1. The number of aromatic nitrogens is 1. The summed E-state index contributed by atoms with van der Waals surface area (Å²) in [5.41, 5.74) is 1.52. The van der Waals surface area contributed by atoms with E-state index in [1.165, 1.54) is 0 Å². The zero-order chi connectivity index (χ0) is 12.3. The highest BCUT2D eigenvalue weighted by molar-refractivity contribution is 5.71. The number of benzene rings is 1. The van der Waals surface area contributed by atoms with Gasteiger partial charge in [-0.25, -0.2) is 0 Å². The van der Waals surface area contributed by atoms with Gasteiger partial charge in [0.15, 0.2) is 5.76 Å². The molecule has 0 aliphatic carbocycles. The molecule has 0 atom stereocenters. The lowest BCUT2D eigenvalue weighted by molar-refractivity contribution is 0.407. The second-order valence-electron chi connectivity index (χ2n) is 3.63. The average Bonchev–Trinajstić information content (AvgIpc) is 2.73. The van der Waals surface area contributed by atoms with Crippen molar-refractivity contribution in [1.29, 1.82) is 0 Å². The van der Waals surface area contributed by atoms with Gasteiger partial charge in [0.25, 0.3) is 0 Å². The fourth-order valence-electron chi connectivity index (χ4n) is 1.43. The molecule has 0 bridgehead atoms. The maximum absolute atomic E-state index is 9.73. The summed E-state index contributed by atoms with van der Waals surface area (Å²) in [5.74, 6) is 1.43. The van der Waals surface area contributed by atoms with Gasteiger partial charge in [-0.05, 0) is 31.2 Å². The van der Waals surface area contributed by atoms with Crippen molar-refractivity contribution in [1.82, 2.24) is 5.16 Å². The molecule has 4 heteroatoms. The molecule has 1 heterocycles. The van der Waals surface area contributed by atoms with E-state index >= 15 is 0 Å². The number of nitrogens with zero attached hydrogens (tertiary/aromatic N) is 1. The minimum Gasteiger partial charge on any atom is -0.507 e. The third kappa shape index (κ3) is 2.66. The van der Waals surface area contributed by atoms with Crippen molar-refractivity contribution in [2.75, 3.05) is 7.11 Å². The molecule has 0 saturated carbocycles. The maximum atomic E-state index is 9.73. The molecule has 1 aromatic heterocycles. The standard InChI is InChI=1S/C13H13NO3/c1-9-7-12(17-14-9)6-4-10-3-5-11(16-2)8-13(10)15/h3-8,15H,1-2H3/b6-4+. The van der Waals surface area contributed by atoms with Crippen LogP contribution >= 0.6 is 0 Å². The van der Waals surface area contributed by atoms with E-state index in [0.29, 0.717) is 17.1 Å². The lowest BCUT2D eigenvalue weighted by Crippen LogP contribution is -1.82. The van der Waals surface area contributed by atoms with Crippen LogP contribution in [0.15, 0.2) is 28.8 Å². The first-order valence-corrected chi connectivity index (χ1v) is 5.17. The molecule has 88 valence electrons. The Morgan fingerprint density at radius 2 is 2.12 bits per heavy atom. The molecular weight excluding hydrogens is 218 g/mol. The molecule has 0 fully saturated rings. The van der Waals surface area contributed by atoms with Crippen LogP contribution in [-0.4, -0.2) is 17.4 Å². The predicted octanol–water partition coefficient (Wildman–Crippen LogP) is 2.87. The molecule has 0 aliphatic rings. The van der Waals surface area contributed by atoms with Crippen LogP contribution in [-0.2, 0) is 0 Å². The fraction of sp³-hybridized carbons (Fsp3) is 0.154. The molecule has 2 rings (SSSR count). The van der Waals surface area contributed by atoms with Crippen molar-refractivity contribution in [3.8, 4) is 11.5 Å². The second kappa shape index (κ2) is 4.74. The highest BCUT2D eigenvalue weighted by Gasteiger charge is 2.00. The number of hydrogen-bond acceptors (Lipinski definition) is 4. The first-order valence-electron chi connectivity index (χ1n) is 5.17. The van der Waals surface area contributed by atoms with Crippen molar-refractivity contribution in [2.45, 2.75) is 6.92 Å². The van der Waals surface area contributed by atoms with E-state index in [0.717, 1.165) is 5.69 Å². The minimum absolute atomic E-state index is 0.164. The number of ether oxygens (including phenoxy) is 1. The molecule has 0 spiro atoms. The van der Waals surface area contributed by atoms with Crippen LogP contribution in [0.25, 0.3) is 12.2 Å². The van der Waals surface area contributed by atoms with E-state index in [2.05, 4.69) is 5.16 Å². The number of methoxy groups -OCH3 is 1. The maximum Gasteiger partial charge on any atom is 0.159 e. The molecule has 17 heavy (non-hydrogen) atoms. The normalized spacial score (nSPS) is 10.9. The van der Waals surface area contributed by atoms with Gasteiger partial charge < -0.3 is 14.4 Å². The van der Waals surface area contributed by atoms with Crippen molar-refractivity contribution in [3.63, 3.8) is 0 Å². The van der Waals surface area contributed by atoms with E-state index in [9.17, 15) is 5.11 Å². The molecule has 0 aliphatic heterocycles. The van der Waals surface area contributed by atoms with Gasteiger partial charge in [0.05, 0.1) is 12.8 Å². The monoisotopic (exact) mass is 231 g/mol. The van der Waals surface area contributed by atoms with Crippen LogP contribution in [0.2, 0.25) is 0 Å². The molecule has 4 nitrogen and oxygen atoms in total. The van der Waals surface area contributed by atoms with Crippen molar-refractivity contribution in [3.05, 3.63) is 41.3 Å². The summed E-state index contributed by atoms with van der Waals surface area (Å²) in [5, 5.41) is 13.5. The first kappa shape index (κ1) is 11.3. The fourth-order valence-corrected chi connectivity index (χ4v) is 1.43. The molecule has 0 saturated heterocycles. The summed E-state index contributed by atoms with van der Waals surface area (Å²) < 4.78 is 10.0. The second-order valence-corrected chi connectivity index (χ2v) is 3.63. The van der Waals surface area contributed by atoms with E-state index in [4.69, 9.17) is 9.26 Å². The van der Waals surface area contributed by atoms with Gasteiger partial charge >= 0.3 is 0 Å². The van der Waals surface area contributed by atoms with Gasteiger partial charge in [-0.1, -0.05) is 5.16 Å². The third-order valence-electron chi connectivity index (χ3n) is 2.31. The lowest BCUT2D eigenvalue weighted by Gasteiger charge is -2.02. The van der Waals surface area contributed by atoms with Crippen molar-refractivity contribution < 1.29 is 14.4 Å². The Balaban J connectivity index is 2.21. The molecule has 0 radical (unpaired) electrons. The van der Waals surface area contributed by atoms with Crippen LogP contribution < -0.4 is 4.74 Å². The summed E-state index contributed by atoms with van der Waals surface area (Å²) in [7, 11) is 1.56. The highest BCUT2D eigenvalue weighted by atomic mass is 16.5. The Kier molecular flexibility index (Phi) is 3.14. The summed E-state index contributed by atoms with van der Waals surface area (Å²) >= 11 is 0. The van der Waals surface area contributed by atoms with Gasteiger partial charge in [0.2, 0.25) is 0 Å². The van der Waals surface area contributed by atoms with Crippen LogP contribution in [0.3, 0.4) is 0 Å². The zero-order valence-corrected chi connectivity index (χ0v) is 9.68. The summed E-state index contributed by atoms with van der Waals surface area (Å²) in [6.07, 6.45) is 3.51. The van der Waals surface area contributed by atoms with Crippen LogP contribution in [0.5, 0.6) is 11.5 Å². The van der Waals surface area contributed by atoms with Gasteiger partial charge in [-0.2, -0.15) is 0 Å². The number of phenolic OH excluding ortho intramolecular Hbond substituents is 1. The van der Waals surface area contributed by atoms with Gasteiger partial charge in [0, 0.05) is 17.7 Å². The topological polar surface area (TPSA) is 55.5 Å². The molecule has 2 aromatic rings. The van der Waals surface area contributed by atoms with Crippen LogP contribution in [0.1, 0.15) is 17.0 Å². The number of rotatable bonds is 3. The van der Waals surface area contributed by atoms with Crippen LogP contribution in [0, 0.1) is 6.92 Å². The quantitative estimate of drug-likeness (QED) is 0.882.